The Morgan fingerprint density at radius 3 is 0.940 bits per heavy atom. The van der Waals surface area contributed by atoms with Gasteiger partial charge in [0.05, 0.1) is 145 Å². The van der Waals surface area contributed by atoms with Crippen molar-refractivity contribution in [3.8, 4) is 0 Å². The first-order valence-electron chi connectivity index (χ1n) is 17.4. The van der Waals surface area contributed by atoms with Gasteiger partial charge in [-0.1, -0.05) is 35.4 Å². The highest BCUT2D eigenvalue weighted by Gasteiger charge is 2.14. The Morgan fingerprint density at radius 1 is 0.360 bits per heavy atom. The third-order valence-corrected chi connectivity index (χ3v) is 6.94. The average molecular weight is 841 g/mol. The van der Waals surface area contributed by atoms with E-state index in [2.05, 4.69) is 22.6 Å². The molecule has 0 fully saturated rings. The fraction of sp³-hybridized carbons (Fsp3) is 0.909. The fourth-order valence-corrected chi connectivity index (χ4v) is 4.10. The first-order chi connectivity index (χ1) is 24.6. The highest BCUT2D eigenvalue weighted by atomic mass is 127. The molecule has 50 heavy (non-hydrogen) atoms. The summed E-state index contributed by atoms with van der Waals surface area (Å²) in [7, 11) is 0. The number of unbranched alkanes of at least 4 members (excludes halogenated alkanes) is 3. The third kappa shape index (κ3) is 41.3. The summed E-state index contributed by atoms with van der Waals surface area (Å²) in [6, 6.07) is 0. The Morgan fingerprint density at radius 2 is 0.640 bits per heavy atom. The van der Waals surface area contributed by atoms with Gasteiger partial charge in [-0.2, -0.15) is 0 Å². The fourth-order valence-electron chi connectivity index (χ4n) is 3.56. The predicted molar refractivity (Wildman–Crippen MR) is 189 cm³/mol. The summed E-state index contributed by atoms with van der Waals surface area (Å²) < 4.78 is 66.0. The van der Waals surface area contributed by atoms with Crippen LogP contribution in [0.2, 0.25) is 0 Å². The van der Waals surface area contributed by atoms with Gasteiger partial charge in [0.1, 0.15) is 6.61 Å². The van der Waals surface area contributed by atoms with Crippen LogP contribution in [0.1, 0.15) is 38.5 Å². The standard InChI is InChI=1S/C33H61IO16/c34-7-3-1-2-4-8-39-9-10-40-11-12-41-13-14-42-15-16-43-17-18-44-19-20-45-21-22-46-23-24-47-25-26-48-27-28-49-29-30-50-32(36)6-5-31(35)33(37)38/h1-30H2,(H,37,38). The molecule has 0 spiro atoms. The second-order valence-corrected chi connectivity index (χ2v) is 11.4. The lowest BCUT2D eigenvalue weighted by atomic mass is 10.2. The number of hydrogen-bond donors (Lipinski definition) is 1. The average Bonchev–Trinajstić information content (AvgIpc) is 3.11. The van der Waals surface area contributed by atoms with E-state index in [9.17, 15) is 14.4 Å². The maximum Gasteiger partial charge on any atom is 0.372 e. The van der Waals surface area contributed by atoms with Crippen molar-refractivity contribution in [1.29, 1.82) is 0 Å². The number of hydrogen-bond acceptors (Lipinski definition) is 15. The Kier molecular flexibility index (Phi) is 41.4. The molecule has 16 nitrogen and oxygen atoms in total. The van der Waals surface area contributed by atoms with Crippen LogP contribution in [0.4, 0.5) is 0 Å². The smallest absolute Gasteiger partial charge is 0.372 e. The molecule has 1 N–H and O–H groups in total. The molecule has 17 heteroatoms. The number of alkyl halides is 1. The van der Waals surface area contributed by atoms with Crippen molar-refractivity contribution in [3.63, 3.8) is 0 Å². The quantitative estimate of drug-likeness (QED) is 0.0310. The lowest BCUT2D eigenvalue weighted by molar-refractivity contribution is -0.151. The molecule has 0 unspecified atom stereocenters. The molecule has 0 aliphatic carbocycles. The number of esters is 1. The van der Waals surface area contributed by atoms with E-state index in [0.717, 1.165) is 13.0 Å². The van der Waals surface area contributed by atoms with Crippen LogP contribution >= 0.6 is 22.6 Å². The van der Waals surface area contributed by atoms with Gasteiger partial charge in [0.25, 0.3) is 0 Å². The zero-order chi connectivity index (χ0) is 36.4. The molecule has 0 aromatic carbocycles. The van der Waals surface area contributed by atoms with E-state index in [1.165, 1.54) is 23.7 Å². The van der Waals surface area contributed by atoms with Gasteiger partial charge in [0, 0.05) is 13.0 Å². The molecule has 0 heterocycles. The second kappa shape index (κ2) is 42.3. The predicted octanol–water partition coefficient (Wildman–Crippen LogP) is 2.14. The van der Waals surface area contributed by atoms with Crippen molar-refractivity contribution in [2.75, 3.05) is 156 Å². The van der Waals surface area contributed by atoms with Crippen LogP contribution < -0.4 is 0 Å². The summed E-state index contributed by atoms with van der Waals surface area (Å²) in [4.78, 5) is 32.7. The van der Waals surface area contributed by atoms with E-state index < -0.39 is 17.7 Å². The molecule has 0 aliphatic rings. The molecule has 0 aromatic rings. The minimum Gasteiger partial charge on any atom is -0.476 e. The number of ether oxygens (including phenoxy) is 12. The summed E-state index contributed by atoms with van der Waals surface area (Å²) in [5.41, 5.74) is 0. The minimum absolute atomic E-state index is 0.0146. The normalized spacial score (nSPS) is 11.3. The highest BCUT2D eigenvalue weighted by molar-refractivity contribution is 14.1. The number of ketones is 1. The number of rotatable bonds is 43. The first kappa shape index (κ1) is 48.9. The molecule has 0 radical (unpaired) electrons. The summed E-state index contributed by atoms with van der Waals surface area (Å²) in [6.45, 7) is 10.6. The summed E-state index contributed by atoms with van der Waals surface area (Å²) in [5.74, 6) is -3.24. The maximum atomic E-state index is 11.4. The van der Waals surface area contributed by atoms with Crippen LogP contribution in [-0.2, 0) is 71.2 Å². The number of carboxylic acids is 1. The first-order valence-corrected chi connectivity index (χ1v) is 18.9. The van der Waals surface area contributed by atoms with E-state index in [-0.39, 0.29) is 26.1 Å². The number of carbonyl (C=O) groups is 3. The maximum absolute atomic E-state index is 11.4. The van der Waals surface area contributed by atoms with E-state index in [1.54, 1.807) is 0 Å². The molecule has 0 rings (SSSR count). The monoisotopic (exact) mass is 840 g/mol. The summed E-state index contributed by atoms with van der Waals surface area (Å²) in [5, 5.41) is 8.45. The summed E-state index contributed by atoms with van der Waals surface area (Å²) in [6.07, 6.45) is 4.28. The van der Waals surface area contributed by atoms with Gasteiger partial charge >= 0.3 is 11.9 Å². The largest absolute Gasteiger partial charge is 0.476 e. The third-order valence-electron chi connectivity index (χ3n) is 6.18. The molecule has 0 aliphatic heterocycles. The summed E-state index contributed by atoms with van der Waals surface area (Å²) >= 11 is 2.41. The van der Waals surface area contributed by atoms with Gasteiger partial charge in [-0.05, 0) is 17.3 Å². The zero-order valence-corrected chi connectivity index (χ0v) is 31.8. The lowest BCUT2D eigenvalue weighted by Gasteiger charge is -2.09. The minimum atomic E-state index is -1.56. The Balaban J connectivity index is 3.11. The Bertz CT molecular complexity index is 749. The second-order valence-electron chi connectivity index (χ2n) is 10.3. The van der Waals surface area contributed by atoms with Crippen LogP contribution in [0.15, 0.2) is 0 Å². The number of carbonyl (C=O) groups excluding carboxylic acids is 2. The van der Waals surface area contributed by atoms with Gasteiger partial charge in [0.15, 0.2) is 0 Å². The number of halogens is 1. The van der Waals surface area contributed by atoms with Gasteiger partial charge in [-0.25, -0.2) is 4.79 Å². The van der Waals surface area contributed by atoms with E-state index >= 15 is 0 Å². The SMILES string of the molecule is O=C(CCC(=O)C(=O)O)OCCOCCOCCOCCOCCOCCOCCOCCOCCOCCOCCOCCCCCCI. The highest BCUT2D eigenvalue weighted by Crippen LogP contribution is 2.02. The molecule has 0 aromatic heterocycles. The van der Waals surface area contributed by atoms with Crippen molar-refractivity contribution in [2.24, 2.45) is 0 Å². The van der Waals surface area contributed by atoms with E-state index in [4.69, 9.17) is 61.9 Å². The van der Waals surface area contributed by atoms with Crippen molar-refractivity contribution in [1.82, 2.24) is 0 Å². The van der Waals surface area contributed by atoms with Crippen molar-refractivity contribution >= 4 is 40.3 Å². The number of aliphatic carboxylic acids is 1. The Hall–Kier alpha value is -1.10. The molecule has 0 saturated heterocycles. The molecule has 0 bridgehead atoms. The van der Waals surface area contributed by atoms with Crippen LogP contribution in [-0.4, -0.2) is 179 Å². The lowest BCUT2D eigenvalue weighted by Crippen LogP contribution is -2.17. The molecular weight excluding hydrogens is 779 g/mol. The Labute approximate surface area is 310 Å². The van der Waals surface area contributed by atoms with Crippen LogP contribution in [0.5, 0.6) is 0 Å². The van der Waals surface area contributed by atoms with Gasteiger partial charge in [-0.15, -0.1) is 0 Å². The van der Waals surface area contributed by atoms with Gasteiger partial charge in [0.2, 0.25) is 5.78 Å². The van der Waals surface area contributed by atoms with Crippen molar-refractivity contribution in [3.05, 3.63) is 0 Å². The van der Waals surface area contributed by atoms with Crippen molar-refractivity contribution < 1.29 is 76.3 Å². The molecule has 0 atom stereocenters. The van der Waals surface area contributed by atoms with E-state index in [0.29, 0.717) is 132 Å². The van der Waals surface area contributed by atoms with E-state index in [1.807, 2.05) is 0 Å². The number of Topliss-reactive ketones (excluding diaryl/α,β-unsaturated/α-hetero) is 1. The van der Waals surface area contributed by atoms with Crippen LogP contribution in [0.25, 0.3) is 0 Å². The molecule has 0 saturated carbocycles. The van der Waals surface area contributed by atoms with Crippen molar-refractivity contribution in [2.45, 2.75) is 38.5 Å². The van der Waals surface area contributed by atoms with Crippen LogP contribution in [0, 0.1) is 0 Å². The zero-order valence-electron chi connectivity index (χ0n) is 29.7. The van der Waals surface area contributed by atoms with Gasteiger partial charge < -0.3 is 61.9 Å². The molecule has 0 amide bonds. The number of carboxylic acid groups (broad SMARTS) is 1. The van der Waals surface area contributed by atoms with Gasteiger partial charge in [-0.3, -0.25) is 9.59 Å². The molecule has 296 valence electrons. The van der Waals surface area contributed by atoms with Crippen LogP contribution in [0.3, 0.4) is 0 Å². The topological polar surface area (TPSA) is 182 Å². The molecular formula is C33H61IO16.